The average molecular weight is 315 g/mol. The molecule has 1 N–H and O–H groups in total. The highest BCUT2D eigenvalue weighted by Crippen LogP contribution is 2.37. The predicted octanol–water partition coefficient (Wildman–Crippen LogP) is 3.95. The number of rotatable bonds is 5. The Hall–Kier alpha value is -1.47. The summed E-state index contributed by atoms with van der Waals surface area (Å²) in [5.41, 5.74) is 1.88. The van der Waals surface area contributed by atoms with Gasteiger partial charge >= 0.3 is 6.18 Å². The molecule has 114 valence electrons. The first-order chi connectivity index (χ1) is 9.95. The number of alkyl halides is 3. The number of aromatic nitrogens is 2. The summed E-state index contributed by atoms with van der Waals surface area (Å²) in [7, 11) is 0. The second-order valence-electron chi connectivity index (χ2n) is 4.65. The molecule has 1 atom stereocenters. The van der Waals surface area contributed by atoms with E-state index in [9.17, 15) is 13.2 Å². The monoisotopic (exact) mass is 315 g/mol. The third-order valence-electron chi connectivity index (χ3n) is 3.11. The molecule has 0 spiro atoms. The maximum atomic E-state index is 13.2. The summed E-state index contributed by atoms with van der Waals surface area (Å²) in [5.74, 6) is 0. The van der Waals surface area contributed by atoms with Crippen LogP contribution in [0.3, 0.4) is 0 Å². The van der Waals surface area contributed by atoms with Crippen molar-refractivity contribution in [1.82, 2.24) is 15.3 Å². The number of pyridine rings is 1. The van der Waals surface area contributed by atoms with Gasteiger partial charge in [0.1, 0.15) is 0 Å². The van der Waals surface area contributed by atoms with Crippen LogP contribution in [0, 0.1) is 6.92 Å². The van der Waals surface area contributed by atoms with Crippen molar-refractivity contribution in [2.75, 3.05) is 6.54 Å². The van der Waals surface area contributed by atoms with Gasteiger partial charge in [-0.2, -0.15) is 13.2 Å². The standard InChI is InChI=1S/C14H16F3N3S/c1-3-5-19-12(13-9(2)20-8-21-13)10-7-18-6-4-11(10)14(15,16)17/h4,6-8,12,19H,3,5H2,1-2H3. The Labute approximate surface area is 125 Å². The fraction of sp³-hybridized carbons (Fsp3) is 0.429. The van der Waals surface area contributed by atoms with E-state index in [1.54, 1.807) is 12.4 Å². The topological polar surface area (TPSA) is 37.8 Å². The summed E-state index contributed by atoms with van der Waals surface area (Å²) in [6.45, 7) is 4.39. The number of hydrogen-bond acceptors (Lipinski definition) is 4. The van der Waals surface area contributed by atoms with Crippen LogP contribution >= 0.6 is 11.3 Å². The number of aryl methyl sites for hydroxylation is 1. The molecule has 2 heterocycles. The predicted molar refractivity (Wildman–Crippen MR) is 76.2 cm³/mol. The zero-order valence-corrected chi connectivity index (χ0v) is 12.6. The first kappa shape index (κ1) is 15.9. The number of nitrogens with one attached hydrogen (secondary N) is 1. The summed E-state index contributed by atoms with van der Waals surface area (Å²) in [4.78, 5) is 8.80. The molecule has 21 heavy (non-hydrogen) atoms. The molecule has 0 saturated heterocycles. The van der Waals surface area contributed by atoms with Crippen molar-refractivity contribution in [3.63, 3.8) is 0 Å². The lowest BCUT2D eigenvalue weighted by Gasteiger charge is -2.22. The number of thiazole rings is 1. The van der Waals surface area contributed by atoms with Gasteiger partial charge in [0.25, 0.3) is 0 Å². The van der Waals surface area contributed by atoms with Gasteiger partial charge in [-0.15, -0.1) is 11.3 Å². The van der Waals surface area contributed by atoms with E-state index in [0.717, 1.165) is 23.1 Å². The van der Waals surface area contributed by atoms with Crippen LogP contribution in [-0.4, -0.2) is 16.5 Å². The highest BCUT2D eigenvalue weighted by molar-refractivity contribution is 7.09. The van der Waals surface area contributed by atoms with Crippen molar-refractivity contribution in [2.24, 2.45) is 0 Å². The van der Waals surface area contributed by atoms with E-state index < -0.39 is 17.8 Å². The van der Waals surface area contributed by atoms with Gasteiger partial charge in [-0.1, -0.05) is 6.92 Å². The maximum Gasteiger partial charge on any atom is 0.416 e. The van der Waals surface area contributed by atoms with E-state index in [1.807, 2.05) is 6.92 Å². The molecule has 0 radical (unpaired) electrons. The third kappa shape index (κ3) is 3.59. The molecular weight excluding hydrogens is 299 g/mol. The zero-order valence-electron chi connectivity index (χ0n) is 11.7. The Morgan fingerprint density at radius 1 is 1.38 bits per heavy atom. The van der Waals surface area contributed by atoms with Crippen LogP contribution in [0.4, 0.5) is 13.2 Å². The van der Waals surface area contributed by atoms with Crippen LogP contribution in [0.5, 0.6) is 0 Å². The number of halogens is 3. The van der Waals surface area contributed by atoms with Gasteiger partial charge in [-0.3, -0.25) is 4.98 Å². The molecule has 0 aliphatic rings. The van der Waals surface area contributed by atoms with Crippen LogP contribution < -0.4 is 5.32 Å². The van der Waals surface area contributed by atoms with Gasteiger partial charge in [-0.25, -0.2) is 4.98 Å². The molecule has 2 aromatic rings. The average Bonchev–Trinajstić information content (AvgIpc) is 2.85. The smallest absolute Gasteiger partial charge is 0.305 e. The van der Waals surface area contributed by atoms with Crippen LogP contribution in [0.1, 0.15) is 41.1 Å². The molecule has 3 nitrogen and oxygen atoms in total. The van der Waals surface area contributed by atoms with Gasteiger partial charge in [0.2, 0.25) is 0 Å². The molecular formula is C14H16F3N3S. The first-order valence-electron chi connectivity index (χ1n) is 6.59. The van der Waals surface area contributed by atoms with Gasteiger partial charge in [0.05, 0.1) is 22.8 Å². The second-order valence-corrected chi connectivity index (χ2v) is 5.54. The lowest BCUT2D eigenvalue weighted by Crippen LogP contribution is -2.26. The number of hydrogen-bond donors (Lipinski definition) is 1. The number of nitrogens with zero attached hydrogens (tertiary/aromatic N) is 2. The molecule has 2 rings (SSSR count). The minimum Gasteiger partial charge on any atom is -0.305 e. The van der Waals surface area contributed by atoms with Crippen molar-refractivity contribution < 1.29 is 13.2 Å². The van der Waals surface area contributed by atoms with Crippen LogP contribution in [-0.2, 0) is 6.18 Å². The van der Waals surface area contributed by atoms with Crippen LogP contribution in [0.15, 0.2) is 24.0 Å². The highest BCUT2D eigenvalue weighted by Gasteiger charge is 2.36. The van der Waals surface area contributed by atoms with E-state index in [-0.39, 0.29) is 5.56 Å². The molecule has 0 fully saturated rings. The van der Waals surface area contributed by atoms with E-state index >= 15 is 0 Å². The molecule has 1 unspecified atom stereocenters. The maximum absolute atomic E-state index is 13.2. The Balaban J connectivity index is 2.50. The molecule has 0 aliphatic heterocycles. The molecule has 7 heteroatoms. The fourth-order valence-electron chi connectivity index (χ4n) is 2.12. The molecule has 0 amide bonds. The molecule has 0 bridgehead atoms. The van der Waals surface area contributed by atoms with Gasteiger partial charge in [0.15, 0.2) is 0 Å². The Morgan fingerprint density at radius 2 is 2.14 bits per heavy atom. The molecule has 0 aromatic carbocycles. The Kier molecular flexibility index (Phi) is 4.95. The van der Waals surface area contributed by atoms with Crippen molar-refractivity contribution in [1.29, 1.82) is 0 Å². The van der Waals surface area contributed by atoms with Crippen molar-refractivity contribution >= 4 is 11.3 Å². The first-order valence-corrected chi connectivity index (χ1v) is 7.47. The third-order valence-corrected chi connectivity index (χ3v) is 4.11. The van der Waals surface area contributed by atoms with Crippen LogP contribution in [0.2, 0.25) is 0 Å². The molecule has 0 saturated carbocycles. The summed E-state index contributed by atoms with van der Waals surface area (Å²) in [6, 6.07) is 0.481. The van der Waals surface area contributed by atoms with Gasteiger partial charge < -0.3 is 5.32 Å². The Morgan fingerprint density at radius 3 is 2.71 bits per heavy atom. The lowest BCUT2D eigenvalue weighted by atomic mass is 10.00. The van der Waals surface area contributed by atoms with Crippen molar-refractivity contribution in [3.05, 3.63) is 45.7 Å². The minimum atomic E-state index is -4.40. The van der Waals surface area contributed by atoms with E-state index in [0.29, 0.717) is 6.54 Å². The zero-order chi connectivity index (χ0) is 15.5. The summed E-state index contributed by atoms with van der Waals surface area (Å²) in [5, 5.41) is 3.17. The molecule has 2 aromatic heterocycles. The van der Waals surface area contributed by atoms with Gasteiger partial charge in [0, 0.05) is 22.8 Å². The summed E-state index contributed by atoms with van der Waals surface area (Å²) in [6.07, 6.45) is -1.11. The van der Waals surface area contributed by atoms with E-state index in [2.05, 4.69) is 15.3 Å². The quantitative estimate of drug-likeness (QED) is 0.907. The molecule has 0 aliphatic carbocycles. The normalized spacial score (nSPS) is 13.4. The lowest BCUT2D eigenvalue weighted by molar-refractivity contribution is -0.138. The second kappa shape index (κ2) is 6.53. The summed E-state index contributed by atoms with van der Waals surface area (Å²) >= 11 is 1.35. The fourth-order valence-corrected chi connectivity index (χ4v) is 3.01. The van der Waals surface area contributed by atoms with Gasteiger partial charge in [-0.05, 0) is 26.0 Å². The SMILES string of the molecule is CCCNC(c1cnccc1C(F)(F)F)c1scnc1C. The van der Waals surface area contributed by atoms with Crippen LogP contribution in [0.25, 0.3) is 0 Å². The Bertz CT molecular complexity index is 595. The summed E-state index contributed by atoms with van der Waals surface area (Å²) < 4.78 is 39.6. The van der Waals surface area contributed by atoms with E-state index in [1.165, 1.54) is 23.7 Å². The van der Waals surface area contributed by atoms with Crippen molar-refractivity contribution in [3.8, 4) is 0 Å². The minimum absolute atomic E-state index is 0.144. The largest absolute Gasteiger partial charge is 0.416 e. The van der Waals surface area contributed by atoms with Crippen molar-refractivity contribution in [2.45, 2.75) is 32.5 Å². The highest BCUT2D eigenvalue weighted by atomic mass is 32.1. The van der Waals surface area contributed by atoms with E-state index in [4.69, 9.17) is 0 Å².